The minimum absolute atomic E-state index is 0.110. The number of nitrogens with one attached hydrogen (secondary N) is 1. The van der Waals surface area contributed by atoms with Gasteiger partial charge in [-0.25, -0.2) is 4.98 Å². The zero-order valence-electron chi connectivity index (χ0n) is 14.8. The number of aromatic nitrogens is 1. The van der Waals surface area contributed by atoms with E-state index in [0.717, 1.165) is 22.4 Å². The molecule has 0 radical (unpaired) electrons. The Labute approximate surface area is 166 Å². The Morgan fingerprint density at radius 1 is 1.04 bits per heavy atom. The first-order valence-corrected chi connectivity index (χ1v) is 10.3. The van der Waals surface area contributed by atoms with Gasteiger partial charge < -0.3 is 0 Å². The Hall–Kier alpha value is -2.76. The largest absolute Gasteiger partial charge is 0.297 e. The van der Waals surface area contributed by atoms with Crippen LogP contribution in [0.4, 0.5) is 5.13 Å². The molecule has 0 fully saturated rings. The number of hydrogen-bond acceptors (Lipinski definition) is 4. The van der Waals surface area contributed by atoms with Crippen LogP contribution in [0.5, 0.6) is 0 Å². The topological polar surface area (TPSA) is 42.0 Å². The molecule has 1 amide bonds. The molecule has 3 nitrogen and oxygen atoms in total. The first-order chi connectivity index (χ1) is 13.2. The number of carbonyl (C=O) groups excluding carboxylic acids is 1. The molecule has 0 aliphatic carbocycles. The molecule has 0 saturated carbocycles. The van der Waals surface area contributed by atoms with Crippen molar-refractivity contribution in [1.29, 1.82) is 0 Å². The molecule has 2 aromatic heterocycles. The van der Waals surface area contributed by atoms with E-state index < -0.39 is 0 Å². The van der Waals surface area contributed by atoms with Crippen molar-refractivity contribution in [3.05, 3.63) is 93.1 Å². The third kappa shape index (κ3) is 4.15. The van der Waals surface area contributed by atoms with Crippen LogP contribution >= 0.6 is 22.7 Å². The Kier molecular flexibility index (Phi) is 5.14. The van der Waals surface area contributed by atoms with Crippen molar-refractivity contribution in [1.82, 2.24) is 4.98 Å². The van der Waals surface area contributed by atoms with Gasteiger partial charge in [0.25, 0.3) is 5.91 Å². The summed E-state index contributed by atoms with van der Waals surface area (Å²) in [6, 6.07) is 20.5. The van der Waals surface area contributed by atoms with E-state index in [0.29, 0.717) is 10.0 Å². The summed E-state index contributed by atoms with van der Waals surface area (Å²) in [7, 11) is 0. The van der Waals surface area contributed by atoms with Crippen molar-refractivity contribution < 1.29 is 4.79 Å². The molecule has 2 heterocycles. The van der Waals surface area contributed by atoms with E-state index in [1.54, 1.807) is 0 Å². The number of anilines is 1. The maximum Gasteiger partial charge on any atom is 0.268 e. The van der Waals surface area contributed by atoms with Gasteiger partial charge in [0.15, 0.2) is 5.13 Å². The quantitative estimate of drug-likeness (QED) is 0.452. The van der Waals surface area contributed by atoms with Crippen molar-refractivity contribution in [3.63, 3.8) is 0 Å². The van der Waals surface area contributed by atoms with Crippen molar-refractivity contribution in [2.24, 2.45) is 0 Å². The minimum atomic E-state index is -0.110. The molecule has 0 spiro atoms. The summed E-state index contributed by atoms with van der Waals surface area (Å²) >= 11 is 2.97. The SMILES string of the molecule is Cc1ccc(-c2ccsc2C(=O)Nc2ncc(Cc3ccccc3)s2)cc1. The first kappa shape index (κ1) is 17.6. The fourth-order valence-electron chi connectivity index (χ4n) is 2.84. The van der Waals surface area contributed by atoms with Crippen LogP contribution in [0.1, 0.15) is 25.7 Å². The molecule has 4 rings (SSSR count). The molecule has 0 unspecified atom stereocenters. The highest BCUT2D eigenvalue weighted by atomic mass is 32.1. The van der Waals surface area contributed by atoms with Gasteiger partial charge in [-0.05, 0) is 29.5 Å². The van der Waals surface area contributed by atoms with Gasteiger partial charge in [-0.2, -0.15) is 0 Å². The second kappa shape index (κ2) is 7.86. The van der Waals surface area contributed by atoms with Crippen LogP contribution in [0.15, 0.2) is 72.2 Å². The lowest BCUT2D eigenvalue weighted by Crippen LogP contribution is -2.10. The predicted molar refractivity (Wildman–Crippen MR) is 114 cm³/mol. The number of thiophene rings is 1. The summed E-state index contributed by atoms with van der Waals surface area (Å²) in [5.41, 5.74) is 4.45. The third-order valence-corrected chi connectivity index (χ3v) is 6.06. The Morgan fingerprint density at radius 2 is 1.81 bits per heavy atom. The third-order valence-electron chi connectivity index (χ3n) is 4.23. The average Bonchev–Trinajstić information content (AvgIpc) is 3.33. The van der Waals surface area contributed by atoms with Crippen LogP contribution in [0.25, 0.3) is 11.1 Å². The molecule has 0 aliphatic heterocycles. The number of benzene rings is 2. The van der Waals surface area contributed by atoms with Gasteiger partial charge in [-0.3, -0.25) is 10.1 Å². The fraction of sp³-hybridized carbons (Fsp3) is 0.0909. The van der Waals surface area contributed by atoms with Gasteiger partial charge in [0.05, 0.1) is 0 Å². The standard InChI is InChI=1S/C22H18N2OS2/c1-15-7-9-17(10-8-15)19-11-12-26-20(19)21(25)24-22-23-14-18(27-22)13-16-5-3-2-4-6-16/h2-12,14H,13H2,1H3,(H,23,24,25). The number of amides is 1. The highest BCUT2D eigenvalue weighted by Gasteiger charge is 2.16. The maximum absolute atomic E-state index is 12.8. The second-order valence-corrected chi connectivity index (χ2v) is 8.31. The van der Waals surface area contributed by atoms with Crippen molar-refractivity contribution in [3.8, 4) is 11.1 Å². The molecule has 27 heavy (non-hydrogen) atoms. The zero-order valence-corrected chi connectivity index (χ0v) is 16.4. The van der Waals surface area contributed by atoms with E-state index in [9.17, 15) is 4.79 Å². The van der Waals surface area contributed by atoms with Crippen molar-refractivity contribution in [2.75, 3.05) is 5.32 Å². The lowest BCUT2D eigenvalue weighted by atomic mass is 10.0. The number of carbonyl (C=O) groups is 1. The summed E-state index contributed by atoms with van der Waals surface area (Å²) < 4.78 is 0. The summed E-state index contributed by atoms with van der Waals surface area (Å²) in [4.78, 5) is 19.0. The van der Waals surface area contributed by atoms with E-state index in [1.165, 1.54) is 33.8 Å². The molecule has 0 aliphatic rings. The zero-order chi connectivity index (χ0) is 18.6. The van der Waals surface area contributed by atoms with Crippen LogP contribution in [0.2, 0.25) is 0 Å². The first-order valence-electron chi connectivity index (χ1n) is 8.63. The molecule has 134 valence electrons. The molecule has 5 heteroatoms. The van der Waals surface area contributed by atoms with Crippen molar-refractivity contribution in [2.45, 2.75) is 13.3 Å². The normalized spacial score (nSPS) is 10.7. The van der Waals surface area contributed by atoms with Crippen LogP contribution in [-0.2, 0) is 6.42 Å². The van der Waals surface area contributed by atoms with Gasteiger partial charge in [-0.15, -0.1) is 22.7 Å². The van der Waals surface area contributed by atoms with E-state index in [1.807, 2.05) is 35.8 Å². The molecule has 1 N–H and O–H groups in total. The summed E-state index contributed by atoms with van der Waals surface area (Å²) in [6.45, 7) is 2.06. The lowest BCUT2D eigenvalue weighted by Gasteiger charge is -2.04. The van der Waals surface area contributed by atoms with E-state index in [-0.39, 0.29) is 5.91 Å². The fourth-order valence-corrected chi connectivity index (χ4v) is 4.50. The Balaban J connectivity index is 1.49. The molecule has 0 atom stereocenters. The molecular weight excluding hydrogens is 372 g/mol. The number of hydrogen-bond donors (Lipinski definition) is 1. The summed E-state index contributed by atoms with van der Waals surface area (Å²) in [6.07, 6.45) is 2.66. The summed E-state index contributed by atoms with van der Waals surface area (Å²) in [5.74, 6) is -0.110. The molecule has 2 aromatic carbocycles. The van der Waals surface area contributed by atoms with E-state index in [4.69, 9.17) is 0 Å². The monoisotopic (exact) mass is 390 g/mol. The molecule has 0 bridgehead atoms. The Morgan fingerprint density at radius 3 is 2.59 bits per heavy atom. The molecule has 4 aromatic rings. The van der Waals surface area contributed by atoms with Crippen molar-refractivity contribution >= 4 is 33.7 Å². The minimum Gasteiger partial charge on any atom is -0.297 e. The number of nitrogens with zero attached hydrogens (tertiary/aromatic N) is 1. The van der Waals surface area contributed by atoms with Gasteiger partial charge in [0.2, 0.25) is 0 Å². The van der Waals surface area contributed by atoms with Gasteiger partial charge >= 0.3 is 0 Å². The Bertz CT molecular complexity index is 1050. The highest BCUT2D eigenvalue weighted by molar-refractivity contribution is 7.16. The van der Waals surface area contributed by atoms with Crippen LogP contribution in [0, 0.1) is 6.92 Å². The average molecular weight is 391 g/mol. The lowest BCUT2D eigenvalue weighted by molar-refractivity contribution is 0.103. The summed E-state index contributed by atoms with van der Waals surface area (Å²) in [5, 5.41) is 5.54. The van der Waals surface area contributed by atoms with E-state index >= 15 is 0 Å². The number of aryl methyl sites for hydroxylation is 1. The van der Waals surface area contributed by atoms with Gasteiger partial charge in [-0.1, -0.05) is 60.2 Å². The maximum atomic E-state index is 12.8. The van der Waals surface area contributed by atoms with Crippen LogP contribution < -0.4 is 5.32 Å². The van der Waals surface area contributed by atoms with Crippen LogP contribution in [-0.4, -0.2) is 10.9 Å². The number of thiazole rings is 1. The number of rotatable bonds is 5. The van der Waals surface area contributed by atoms with Gasteiger partial charge in [0.1, 0.15) is 4.88 Å². The second-order valence-electron chi connectivity index (χ2n) is 6.28. The highest BCUT2D eigenvalue weighted by Crippen LogP contribution is 2.30. The van der Waals surface area contributed by atoms with E-state index in [2.05, 4.69) is 53.6 Å². The van der Waals surface area contributed by atoms with Gasteiger partial charge in [0, 0.05) is 23.1 Å². The van der Waals surface area contributed by atoms with Crippen LogP contribution in [0.3, 0.4) is 0 Å². The molecule has 0 saturated heterocycles. The smallest absolute Gasteiger partial charge is 0.268 e. The predicted octanol–water partition coefficient (Wildman–Crippen LogP) is 6.02. The molecular formula is C22H18N2OS2.